The summed E-state index contributed by atoms with van der Waals surface area (Å²) in [5, 5.41) is 0. The molecule has 0 aromatic rings. The van der Waals surface area contributed by atoms with E-state index in [2.05, 4.69) is 9.47 Å². The molecule has 0 N–H and O–H groups in total. The predicted molar refractivity (Wildman–Crippen MR) is 103 cm³/mol. The zero-order valence-corrected chi connectivity index (χ0v) is 22.8. The van der Waals surface area contributed by atoms with Crippen LogP contribution in [0.1, 0.15) is 20.8 Å². The van der Waals surface area contributed by atoms with E-state index in [0.717, 1.165) is 0 Å². The maximum atomic E-state index is 13.8. The van der Waals surface area contributed by atoms with E-state index in [-0.39, 0.29) is 35.0 Å². The van der Waals surface area contributed by atoms with Gasteiger partial charge in [-0.2, -0.15) is 92.2 Å². The minimum Gasteiger partial charge on any atom is -0.501 e. The van der Waals surface area contributed by atoms with E-state index in [0.29, 0.717) is 0 Å². The van der Waals surface area contributed by atoms with Crippen molar-refractivity contribution in [3.63, 3.8) is 0 Å². The van der Waals surface area contributed by atoms with Crippen LogP contribution in [-0.4, -0.2) is 80.3 Å². The topological polar surface area (TPSA) is 18.5 Å². The van der Waals surface area contributed by atoms with Crippen LogP contribution < -0.4 is 0 Å². The van der Waals surface area contributed by atoms with E-state index in [4.69, 9.17) is 0 Å². The molecule has 0 radical (unpaired) electrons. The van der Waals surface area contributed by atoms with E-state index in [1.54, 1.807) is 0 Å². The molecular weight excluding hydrogens is 747 g/mol. The summed E-state index contributed by atoms with van der Waals surface area (Å²) in [6.45, 7) is -0.811. The molecule has 0 rings (SSSR count). The average molecular weight is 762 g/mol. The molecule has 47 heavy (non-hydrogen) atoms. The fourth-order valence-corrected chi connectivity index (χ4v) is 3.30. The standard InChI is InChI=1S/C10H6F14O.C10H9F11O/c1-3(25-2)4(5(11,7(13,14)15)8(16,17)18)6(12,9(19,20)21)10(22,23)24;1-4(8(13,14)15)5(6(2,11)22-3)7(12,9(16,17)18)10(19,20)21/h1-2H3;1-3H3/b;5-4-. The van der Waals surface area contributed by atoms with Crippen LogP contribution in [-0.2, 0) is 9.47 Å². The Morgan fingerprint density at radius 2 is 0.596 bits per heavy atom. The summed E-state index contributed by atoms with van der Waals surface area (Å²) in [5.41, 5.74) is -31.6. The molecule has 0 aromatic heterocycles. The summed E-state index contributed by atoms with van der Waals surface area (Å²) in [7, 11) is 0.215. The summed E-state index contributed by atoms with van der Waals surface area (Å²) < 4.78 is 326. The zero-order valence-electron chi connectivity index (χ0n) is 22.8. The molecule has 0 amide bonds. The number of rotatable bonds is 6. The van der Waals surface area contributed by atoms with Gasteiger partial charge in [0.1, 0.15) is 0 Å². The second-order valence-electron chi connectivity index (χ2n) is 8.72. The van der Waals surface area contributed by atoms with Gasteiger partial charge < -0.3 is 9.47 Å². The number of methoxy groups -OCH3 is 2. The quantitative estimate of drug-likeness (QED) is 0.152. The Labute approximate surface area is 244 Å². The van der Waals surface area contributed by atoms with Crippen LogP contribution in [0.25, 0.3) is 0 Å². The first-order chi connectivity index (χ1) is 19.9. The van der Waals surface area contributed by atoms with E-state index < -0.39 is 88.6 Å². The normalized spacial score (nSPS) is 16.9. The molecule has 2 nitrogen and oxygen atoms in total. The van der Waals surface area contributed by atoms with Crippen LogP contribution in [0.3, 0.4) is 0 Å². The lowest BCUT2D eigenvalue weighted by Gasteiger charge is -2.40. The monoisotopic (exact) mass is 762 g/mol. The molecule has 0 aliphatic rings. The van der Waals surface area contributed by atoms with Gasteiger partial charge in [0.2, 0.25) is 5.85 Å². The molecule has 0 aliphatic carbocycles. The summed E-state index contributed by atoms with van der Waals surface area (Å²) in [4.78, 5) is 0. The van der Waals surface area contributed by atoms with Crippen molar-refractivity contribution in [2.75, 3.05) is 14.2 Å². The number of halogens is 25. The van der Waals surface area contributed by atoms with Gasteiger partial charge in [-0.05, 0) is 20.8 Å². The van der Waals surface area contributed by atoms with Gasteiger partial charge in [-0.3, -0.25) is 0 Å². The van der Waals surface area contributed by atoms with Crippen molar-refractivity contribution in [2.45, 2.75) is 86.9 Å². The Bertz CT molecular complexity index is 1050. The highest BCUT2D eigenvalue weighted by Gasteiger charge is 2.87. The Hall–Kier alpha value is -2.51. The molecule has 0 saturated heterocycles. The van der Waals surface area contributed by atoms with Gasteiger partial charge >= 0.3 is 60.2 Å². The maximum absolute atomic E-state index is 13.8. The van der Waals surface area contributed by atoms with Gasteiger partial charge in [-0.1, -0.05) is 0 Å². The lowest BCUT2D eigenvalue weighted by Crippen LogP contribution is -2.66. The van der Waals surface area contributed by atoms with Crippen molar-refractivity contribution < 1.29 is 119 Å². The van der Waals surface area contributed by atoms with Crippen LogP contribution in [0, 0.1) is 0 Å². The fraction of sp³-hybridized carbons (Fsp3) is 0.800. The Morgan fingerprint density at radius 3 is 0.745 bits per heavy atom. The minimum absolute atomic E-state index is 0.0235. The first kappa shape index (κ1) is 46.6. The zero-order chi connectivity index (χ0) is 39.2. The van der Waals surface area contributed by atoms with Crippen LogP contribution in [0.2, 0.25) is 0 Å². The third-order valence-corrected chi connectivity index (χ3v) is 5.67. The van der Waals surface area contributed by atoms with Gasteiger partial charge in [0.05, 0.1) is 24.0 Å². The molecule has 0 aliphatic heterocycles. The maximum Gasteiger partial charge on any atom is 0.435 e. The molecule has 0 fully saturated rings. The average Bonchev–Trinajstić information content (AvgIpc) is 2.79. The summed E-state index contributed by atoms with van der Waals surface area (Å²) in [6.07, 6.45) is -49.4. The van der Waals surface area contributed by atoms with Crippen LogP contribution >= 0.6 is 0 Å². The molecular formula is C20H15F25O2. The number of hydrogen-bond donors (Lipinski definition) is 0. The van der Waals surface area contributed by atoms with Crippen molar-refractivity contribution in [2.24, 2.45) is 0 Å². The fourth-order valence-electron chi connectivity index (χ4n) is 3.30. The summed E-state index contributed by atoms with van der Waals surface area (Å²) in [5.74, 6) is -6.87. The second kappa shape index (κ2) is 13.1. The molecule has 0 heterocycles. The lowest BCUT2D eigenvalue weighted by atomic mass is 9.80. The van der Waals surface area contributed by atoms with E-state index >= 15 is 0 Å². The van der Waals surface area contributed by atoms with Crippen molar-refractivity contribution in [3.8, 4) is 0 Å². The molecule has 282 valence electrons. The Kier molecular flexibility index (Phi) is 13.0. The highest BCUT2D eigenvalue weighted by Crippen LogP contribution is 2.62. The van der Waals surface area contributed by atoms with Gasteiger partial charge in [-0.25, -0.2) is 17.6 Å². The number of allylic oxidation sites excluding steroid dienone is 3. The van der Waals surface area contributed by atoms with Crippen molar-refractivity contribution in [3.05, 3.63) is 22.5 Å². The Morgan fingerprint density at radius 1 is 0.383 bits per heavy atom. The number of hydrogen-bond acceptors (Lipinski definition) is 2. The number of ether oxygens (including phenoxy) is 2. The van der Waals surface area contributed by atoms with Crippen molar-refractivity contribution in [1.29, 1.82) is 0 Å². The van der Waals surface area contributed by atoms with Crippen LogP contribution in [0.15, 0.2) is 22.5 Å². The number of alkyl halides is 25. The smallest absolute Gasteiger partial charge is 0.435 e. The predicted octanol–water partition coefficient (Wildman–Crippen LogP) is 10.6. The van der Waals surface area contributed by atoms with Crippen LogP contribution in [0.5, 0.6) is 0 Å². The third-order valence-electron chi connectivity index (χ3n) is 5.67. The van der Waals surface area contributed by atoms with Crippen molar-refractivity contribution in [1.82, 2.24) is 0 Å². The van der Waals surface area contributed by atoms with Crippen molar-refractivity contribution >= 4 is 0 Å². The summed E-state index contributed by atoms with van der Waals surface area (Å²) >= 11 is 0. The Balaban J connectivity index is 0. The van der Waals surface area contributed by atoms with Gasteiger partial charge in [0.25, 0.3) is 0 Å². The minimum atomic E-state index is -7.44. The third kappa shape index (κ3) is 8.39. The van der Waals surface area contributed by atoms with E-state index in [9.17, 15) is 110 Å². The first-order valence-electron chi connectivity index (χ1n) is 10.7. The lowest BCUT2D eigenvalue weighted by molar-refractivity contribution is -0.365. The largest absolute Gasteiger partial charge is 0.501 e. The molecule has 1 unspecified atom stereocenters. The van der Waals surface area contributed by atoms with E-state index in [1.807, 2.05) is 0 Å². The molecule has 0 aromatic carbocycles. The first-order valence-corrected chi connectivity index (χ1v) is 10.7. The SMILES string of the molecule is COC(C)(F)/C(=C(\C)C(F)(F)F)C(F)(C(F)(F)F)C(F)(F)F.COC(C)=C(C(F)(C(F)(F)F)C(F)(F)F)C(F)(C(F)(F)F)C(F)(F)F. The highest BCUT2D eigenvalue weighted by atomic mass is 19.5. The molecule has 0 bridgehead atoms. The molecule has 27 heteroatoms. The van der Waals surface area contributed by atoms with Crippen LogP contribution in [0.4, 0.5) is 110 Å². The van der Waals surface area contributed by atoms with E-state index in [1.165, 1.54) is 0 Å². The highest BCUT2D eigenvalue weighted by molar-refractivity contribution is 5.38. The molecule has 0 spiro atoms. The van der Waals surface area contributed by atoms with Gasteiger partial charge in [-0.15, -0.1) is 0 Å². The molecule has 0 saturated carbocycles. The van der Waals surface area contributed by atoms with Gasteiger partial charge in [0, 0.05) is 12.7 Å². The molecule has 1 atom stereocenters. The van der Waals surface area contributed by atoms with Gasteiger partial charge in [0.15, 0.2) is 0 Å². The summed E-state index contributed by atoms with van der Waals surface area (Å²) in [6, 6.07) is 0. The second-order valence-corrected chi connectivity index (χ2v) is 8.72.